The Morgan fingerprint density at radius 3 is 2.89 bits per heavy atom. The Balaban J connectivity index is 1.57. The van der Waals surface area contributed by atoms with Crippen LogP contribution in [0.1, 0.15) is 19.3 Å². The molecule has 1 amide bonds. The molecular formula is C13H18N4O. The summed E-state index contributed by atoms with van der Waals surface area (Å²) in [6, 6.07) is 1.77. The van der Waals surface area contributed by atoms with Crippen molar-refractivity contribution < 1.29 is 4.79 Å². The molecule has 1 aliphatic carbocycles. The number of anilines is 1. The highest BCUT2D eigenvalue weighted by Crippen LogP contribution is 2.19. The molecule has 0 saturated heterocycles. The lowest BCUT2D eigenvalue weighted by molar-refractivity contribution is -0.121. The van der Waals surface area contributed by atoms with E-state index in [9.17, 15) is 4.79 Å². The summed E-state index contributed by atoms with van der Waals surface area (Å²) >= 11 is 0. The number of hydrogen-bond donors (Lipinski definition) is 2. The van der Waals surface area contributed by atoms with Crippen LogP contribution >= 0.6 is 0 Å². The molecule has 0 unspecified atom stereocenters. The summed E-state index contributed by atoms with van der Waals surface area (Å²) in [4.78, 5) is 19.7. The minimum atomic E-state index is 0.113. The van der Waals surface area contributed by atoms with Crippen molar-refractivity contribution in [1.82, 2.24) is 15.3 Å². The first kappa shape index (κ1) is 12.5. The highest BCUT2D eigenvalue weighted by molar-refractivity contribution is 5.76. The van der Waals surface area contributed by atoms with E-state index in [-0.39, 0.29) is 5.91 Å². The third-order valence-corrected chi connectivity index (χ3v) is 2.86. The van der Waals surface area contributed by atoms with Crippen molar-refractivity contribution in [2.75, 3.05) is 18.4 Å². The molecule has 0 saturated carbocycles. The van der Waals surface area contributed by atoms with Gasteiger partial charge < -0.3 is 10.6 Å². The van der Waals surface area contributed by atoms with E-state index in [0.717, 1.165) is 12.8 Å². The maximum absolute atomic E-state index is 11.6. The first-order chi connectivity index (χ1) is 8.84. The van der Waals surface area contributed by atoms with E-state index in [1.165, 1.54) is 0 Å². The number of amides is 1. The predicted molar refractivity (Wildman–Crippen MR) is 70.0 cm³/mol. The van der Waals surface area contributed by atoms with Gasteiger partial charge in [-0.25, -0.2) is 9.97 Å². The molecule has 0 fully saturated rings. The maximum Gasteiger partial charge on any atom is 0.222 e. The fraction of sp³-hybridized carbons (Fsp3) is 0.462. The Labute approximate surface area is 107 Å². The summed E-state index contributed by atoms with van der Waals surface area (Å²) in [5, 5.41) is 5.93. The van der Waals surface area contributed by atoms with E-state index in [1.54, 1.807) is 18.5 Å². The summed E-state index contributed by atoms with van der Waals surface area (Å²) in [5.74, 6) is 1.13. The zero-order valence-corrected chi connectivity index (χ0v) is 10.3. The van der Waals surface area contributed by atoms with Crippen molar-refractivity contribution >= 4 is 11.9 Å². The smallest absolute Gasteiger partial charge is 0.222 e. The van der Waals surface area contributed by atoms with Crippen LogP contribution in [0.4, 0.5) is 5.95 Å². The predicted octanol–water partition coefficient (Wildman–Crippen LogP) is 1.36. The largest absolute Gasteiger partial charge is 0.354 e. The van der Waals surface area contributed by atoms with Crippen LogP contribution in [-0.4, -0.2) is 29.0 Å². The topological polar surface area (TPSA) is 66.9 Å². The van der Waals surface area contributed by atoms with Gasteiger partial charge in [-0.3, -0.25) is 4.79 Å². The molecule has 0 aliphatic heterocycles. The van der Waals surface area contributed by atoms with Gasteiger partial charge in [0.15, 0.2) is 0 Å². The highest BCUT2D eigenvalue weighted by atomic mass is 16.1. The quantitative estimate of drug-likeness (QED) is 0.587. The van der Waals surface area contributed by atoms with Gasteiger partial charge in [0.2, 0.25) is 11.9 Å². The van der Waals surface area contributed by atoms with Gasteiger partial charge in [-0.2, -0.15) is 0 Å². The Morgan fingerprint density at radius 2 is 2.17 bits per heavy atom. The second-order valence-corrected chi connectivity index (χ2v) is 4.32. The monoisotopic (exact) mass is 246 g/mol. The van der Waals surface area contributed by atoms with Gasteiger partial charge in [-0.05, 0) is 24.8 Å². The molecule has 2 rings (SSSR count). The van der Waals surface area contributed by atoms with E-state index in [2.05, 4.69) is 32.8 Å². The lowest BCUT2D eigenvalue weighted by Gasteiger charge is -2.09. The molecule has 0 aromatic carbocycles. The van der Waals surface area contributed by atoms with Crippen LogP contribution in [-0.2, 0) is 4.79 Å². The van der Waals surface area contributed by atoms with E-state index in [0.29, 0.717) is 31.4 Å². The van der Waals surface area contributed by atoms with Crippen LogP contribution < -0.4 is 10.6 Å². The lowest BCUT2D eigenvalue weighted by atomic mass is 10.1. The van der Waals surface area contributed by atoms with Gasteiger partial charge in [0.25, 0.3) is 0 Å². The lowest BCUT2D eigenvalue weighted by Crippen LogP contribution is -2.30. The van der Waals surface area contributed by atoms with Crippen LogP contribution in [0.25, 0.3) is 0 Å². The Hall–Kier alpha value is -1.91. The van der Waals surface area contributed by atoms with Crippen molar-refractivity contribution in [2.24, 2.45) is 5.92 Å². The molecule has 1 atom stereocenters. The molecule has 0 radical (unpaired) electrons. The molecule has 5 heteroatoms. The molecule has 0 bridgehead atoms. The van der Waals surface area contributed by atoms with Crippen LogP contribution in [0.5, 0.6) is 0 Å². The molecule has 96 valence electrons. The van der Waals surface area contributed by atoms with Gasteiger partial charge >= 0.3 is 0 Å². The summed E-state index contributed by atoms with van der Waals surface area (Å²) in [7, 11) is 0. The van der Waals surface area contributed by atoms with Crippen molar-refractivity contribution in [2.45, 2.75) is 19.3 Å². The average molecular weight is 246 g/mol. The summed E-state index contributed by atoms with van der Waals surface area (Å²) in [5.41, 5.74) is 0. The van der Waals surface area contributed by atoms with Crippen LogP contribution in [0, 0.1) is 5.92 Å². The fourth-order valence-electron chi connectivity index (χ4n) is 1.94. The fourth-order valence-corrected chi connectivity index (χ4v) is 1.94. The number of nitrogens with zero attached hydrogens (tertiary/aromatic N) is 2. The van der Waals surface area contributed by atoms with Crippen LogP contribution in [0.3, 0.4) is 0 Å². The number of carbonyl (C=O) groups is 1. The normalized spacial score (nSPS) is 17.7. The van der Waals surface area contributed by atoms with Crippen molar-refractivity contribution in [1.29, 1.82) is 0 Å². The highest BCUT2D eigenvalue weighted by Gasteiger charge is 2.13. The molecule has 18 heavy (non-hydrogen) atoms. The Kier molecular flexibility index (Phi) is 4.69. The zero-order valence-electron chi connectivity index (χ0n) is 10.3. The first-order valence-electron chi connectivity index (χ1n) is 6.29. The number of carbonyl (C=O) groups excluding carboxylic acids is 1. The third-order valence-electron chi connectivity index (χ3n) is 2.86. The second kappa shape index (κ2) is 6.74. The van der Waals surface area contributed by atoms with Gasteiger partial charge in [0.05, 0.1) is 0 Å². The third kappa shape index (κ3) is 4.16. The molecule has 1 aromatic rings. The van der Waals surface area contributed by atoms with Crippen LogP contribution in [0.2, 0.25) is 0 Å². The van der Waals surface area contributed by atoms with Crippen molar-refractivity contribution in [3.8, 4) is 0 Å². The van der Waals surface area contributed by atoms with E-state index in [1.807, 2.05) is 0 Å². The average Bonchev–Trinajstić information content (AvgIpc) is 2.89. The Morgan fingerprint density at radius 1 is 1.33 bits per heavy atom. The SMILES string of the molecule is O=C(C[C@@H]1C=CCC1)NCCNc1ncccn1. The maximum atomic E-state index is 11.6. The zero-order chi connectivity index (χ0) is 12.6. The minimum Gasteiger partial charge on any atom is -0.354 e. The Bertz CT molecular complexity index is 405. The standard InChI is InChI=1S/C13H18N4O/c18-12(10-11-4-1-2-5-11)14-8-9-17-13-15-6-3-7-16-13/h1,3-4,6-7,11H,2,5,8-10H2,(H,14,18)(H,15,16,17)/t11-/m1/s1. The molecule has 5 nitrogen and oxygen atoms in total. The number of nitrogens with one attached hydrogen (secondary N) is 2. The van der Waals surface area contributed by atoms with Gasteiger partial charge in [-0.1, -0.05) is 12.2 Å². The van der Waals surface area contributed by atoms with Crippen molar-refractivity contribution in [3.63, 3.8) is 0 Å². The summed E-state index contributed by atoms with van der Waals surface area (Å²) in [6.07, 6.45) is 10.4. The summed E-state index contributed by atoms with van der Waals surface area (Å²) < 4.78 is 0. The molecule has 2 N–H and O–H groups in total. The summed E-state index contributed by atoms with van der Waals surface area (Å²) in [6.45, 7) is 1.23. The van der Waals surface area contributed by atoms with Crippen LogP contribution in [0.15, 0.2) is 30.6 Å². The van der Waals surface area contributed by atoms with Gasteiger partial charge in [-0.15, -0.1) is 0 Å². The van der Waals surface area contributed by atoms with E-state index in [4.69, 9.17) is 0 Å². The molecule has 0 spiro atoms. The molecule has 1 aromatic heterocycles. The number of allylic oxidation sites excluding steroid dienone is 2. The first-order valence-corrected chi connectivity index (χ1v) is 6.29. The number of aromatic nitrogens is 2. The van der Waals surface area contributed by atoms with Gasteiger partial charge in [0.1, 0.15) is 0 Å². The van der Waals surface area contributed by atoms with Gasteiger partial charge in [0, 0.05) is 31.9 Å². The number of rotatable bonds is 6. The molecular weight excluding hydrogens is 228 g/mol. The van der Waals surface area contributed by atoms with E-state index < -0.39 is 0 Å². The number of hydrogen-bond acceptors (Lipinski definition) is 4. The molecule has 1 heterocycles. The van der Waals surface area contributed by atoms with E-state index >= 15 is 0 Å². The minimum absolute atomic E-state index is 0.113. The molecule has 1 aliphatic rings. The van der Waals surface area contributed by atoms with Crippen molar-refractivity contribution in [3.05, 3.63) is 30.6 Å². The second-order valence-electron chi connectivity index (χ2n) is 4.32.